The van der Waals surface area contributed by atoms with Crippen LogP contribution in [0, 0.1) is 12.7 Å². The Hall–Kier alpha value is -2.69. The predicted octanol–water partition coefficient (Wildman–Crippen LogP) is 3.01. The minimum absolute atomic E-state index is 0.111. The van der Waals surface area contributed by atoms with Crippen LogP contribution in [0.4, 0.5) is 10.1 Å². The third kappa shape index (κ3) is 3.02. The van der Waals surface area contributed by atoms with Gasteiger partial charge in [-0.1, -0.05) is 17.7 Å². The number of benzene rings is 2. The molecular formula is C19H19FN2O2. The minimum Gasteiger partial charge on any atom is -0.325 e. The Morgan fingerprint density at radius 1 is 1.04 bits per heavy atom. The lowest BCUT2D eigenvalue weighted by Gasteiger charge is -2.39. The summed E-state index contributed by atoms with van der Waals surface area (Å²) in [6.07, 6.45) is 0. The first-order valence-corrected chi connectivity index (χ1v) is 7.92. The molecule has 1 unspecified atom stereocenters. The van der Waals surface area contributed by atoms with Gasteiger partial charge in [-0.05, 0) is 50.2 Å². The summed E-state index contributed by atoms with van der Waals surface area (Å²) in [5.74, 6) is -0.750. The van der Waals surface area contributed by atoms with E-state index in [-0.39, 0.29) is 17.6 Å². The molecule has 1 aliphatic heterocycles. The number of hydrogen-bond acceptors (Lipinski definition) is 2. The van der Waals surface area contributed by atoms with Crippen LogP contribution in [0.3, 0.4) is 0 Å². The largest absolute Gasteiger partial charge is 0.325 e. The highest BCUT2D eigenvalue weighted by molar-refractivity contribution is 6.03. The molecule has 0 aliphatic carbocycles. The summed E-state index contributed by atoms with van der Waals surface area (Å²) in [5.41, 5.74) is 2.36. The van der Waals surface area contributed by atoms with Crippen LogP contribution in [0.1, 0.15) is 22.8 Å². The molecule has 0 N–H and O–H groups in total. The van der Waals surface area contributed by atoms with Crippen LogP contribution in [-0.4, -0.2) is 35.8 Å². The van der Waals surface area contributed by atoms with Crippen molar-refractivity contribution in [3.8, 4) is 0 Å². The Morgan fingerprint density at radius 3 is 2.29 bits per heavy atom. The first-order valence-electron chi connectivity index (χ1n) is 7.92. The van der Waals surface area contributed by atoms with E-state index < -0.39 is 6.04 Å². The highest BCUT2D eigenvalue weighted by Gasteiger charge is 2.35. The average molecular weight is 326 g/mol. The highest BCUT2D eigenvalue weighted by Crippen LogP contribution is 2.22. The van der Waals surface area contributed by atoms with Crippen molar-refractivity contribution in [2.24, 2.45) is 0 Å². The lowest BCUT2D eigenvalue weighted by molar-refractivity contribution is -0.124. The van der Waals surface area contributed by atoms with Crippen molar-refractivity contribution < 1.29 is 14.0 Å². The van der Waals surface area contributed by atoms with Crippen LogP contribution in [0.25, 0.3) is 0 Å². The van der Waals surface area contributed by atoms with E-state index in [0.29, 0.717) is 18.7 Å². The Morgan fingerprint density at radius 2 is 1.67 bits per heavy atom. The van der Waals surface area contributed by atoms with Crippen LogP contribution in [0.15, 0.2) is 48.5 Å². The van der Waals surface area contributed by atoms with E-state index in [0.717, 1.165) is 11.3 Å². The number of aryl methyl sites for hydroxylation is 1. The van der Waals surface area contributed by atoms with Gasteiger partial charge in [0.05, 0.1) is 0 Å². The van der Waals surface area contributed by atoms with E-state index in [1.54, 1.807) is 16.7 Å². The Balaban J connectivity index is 1.78. The van der Waals surface area contributed by atoms with Gasteiger partial charge in [0.2, 0.25) is 5.91 Å². The average Bonchev–Trinajstić information content (AvgIpc) is 2.58. The molecule has 0 aromatic heterocycles. The first kappa shape index (κ1) is 16.2. The van der Waals surface area contributed by atoms with Gasteiger partial charge < -0.3 is 9.80 Å². The van der Waals surface area contributed by atoms with Gasteiger partial charge >= 0.3 is 0 Å². The fourth-order valence-electron chi connectivity index (χ4n) is 2.89. The number of rotatable bonds is 2. The molecule has 0 bridgehead atoms. The van der Waals surface area contributed by atoms with Crippen molar-refractivity contribution in [2.45, 2.75) is 19.9 Å². The van der Waals surface area contributed by atoms with Gasteiger partial charge in [-0.25, -0.2) is 4.39 Å². The molecule has 2 amide bonds. The second kappa shape index (κ2) is 6.43. The molecule has 1 heterocycles. The Labute approximate surface area is 140 Å². The molecule has 1 aliphatic rings. The van der Waals surface area contributed by atoms with Gasteiger partial charge in [-0.3, -0.25) is 9.59 Å². The number of nitrogens with zero attached hydrogens (tertiary/aromatic N) is 2. The zero-order valence-corrected chi connectivity index (χ0v) is 13.7. The Bertz CT molecular complexity index is 756. The molecule has 24 heavy (non-hydrogen) atoms. The maximum absolute atomic E-state index is 13.0. The number of carbonyl (C=O) groups is 2. The normalized spacial score (nSPS) is 18.0. The van der Waals surface area contributed by atoms with E-state index in [9.17, 15) is 14.0 Å². The summed E-state index contributed by atoms with van der Waals surface area (Å²) in [5, 5.41) is 0. The maximum Gasteiger partial charge on any atom is 0.254 e. The molecule has 4 nitrogen and oxygen atoms in total. The summed E-state index contributed by atoms with van der Waals surface area (Å²) in [6.45, 7) is 4.60. The first-order chi connectivity index (χ1) is 11.5. The molecule has 3 rings (SSSR count). The summed E-state index contributed by atoms with van der Waals surface area (Å²) in [7, 11) is 0. The van der Waals surface area contributed by atoms with Crippen molar-refractivity contribution in [1.82, 2.24) is 4.90 Å². The van der Waals surface area contributed by atoms with E-state index in [1.807, 2.05) is 31.2 Å². The number of carbonyl (C=O) groups excluding carboxylic acids is 2. The third-order valence-corrected chi connectivity index (χ3v) is 4.35. The van der Waals surface area contributed by atoms with Crippen LogP contribution in [0.5, 0.6) is 0 Å². The molecule has 5 heteroatoms. The SMILES string of the molecule is Cc1ccc(N2CCN(C(=O)c3ccc(F)cc3)C(C)C2=O)cc1. The van der Waals surface area contributed by atoms with Crippen molar-refractivity contribution in [1.29, 1.82) is 0 Å². The van der Waals surface area contributed by atoms with Crippen molar-refractivity contribution in [2.75, 3.05) is 18.0 Å². The lowest BCUT2D eigenvalue weighted by Crippen LogP contribution is -2.57. The molecule has 1 fully saturated rings. The molecular weight excluding hydrogens is 307 g/mol. The zero-order chi connectivity index (χ0) is 17.3. The second-order valence-corrected chi connectivity index (χ2v) is 6.01. The van der Waals surface area contributed by atoms with E-state index >= 15 is 0 Å². The number of hydrogen-bond donors (Lipinski definition) is 0. The van der Waals surface area contributed by atoms with Crippen LogP contribution in [-0.2, 0) is 4.79 Å². The molecule has 2 aromatic rings. The van der Waals surface area contributed by atoms with Crippen molar-refractivity contribution >= 4 is 17.5 Å². The zero-order valence-electron chi connectivity index (χ0n) is 13.7. The number of amides is 2. The topological polar surface area (TPSA) is 40.6 Å². The summed E-state index contributed by atoms with van der Waals surface area (Å²) >= 11 is 0. The minimum atomic E-state index is -0.558. The molecule has 0 spiro atoms. The van der Waals surface area contributed by atoms with E-state index in [1.165, 1.54) is 24.3 Å². The summed E-state index contributed by atoms with van der Waals surface area (Å²) < 4.78 is 13.0. The summed E-state index contributed by atoms with van der Waals surface area (Å²) in [4.78, 5) is 28.5. The highest BCUT2D eigenvalue weighted by atomic mass is 19.1. The van der Waals surface area contributed by atoms with Gasteiger partial charge in [-0.2, -0.15) is 0 Å². The quantitative estimate of drug-likeness (QED) is 0.851. The standard InChI is InChI=1S/C19H19FN2O2/c1-13-3-9-17(10-4-13)22-12-11-21(14(2)18(22)23)19(24)15-5-7-16(20)8-6-15/h3-10,14H,11-12H2,1-2H3. The van der Waals surface area contributed by atoms with Crippen LogP contribution in [0.2, 0.25) is 0 Å². The van der Waals surface area contributed by atoms with Crippen molar-refractivity contribution in [3.63, 3.8) is 0 Å². The maximum atomic E-state index is 13.0. The number of piperazine rings is 1. The Kier molecular flexibility index (Phi) is 4.34. The van der Waals surface area contributed by atoms with Gasteiger partial charge in [0.15, 0.2) is 0 Å². The fraction of sp³-hybridized carbons (Fsp3) is 0.263. The fourth-order valence-corrected chi connectivity index (χ4v) is 2.89. The molecule has 0 saturated carbocycles. The molecule has 2 aromatic carbocycles. The molecule has 124 valence electrons. The van der Waals surface area contributed by atoms with Crippen LogP contribution < -0.4 is 4.90 Å². The lowest BCUT2D eigenvalue weighted by atomic mass is 10.1. The van der Waals surface area contributed by atoms with Gasteiger partial charge in [0.25, 0.3) is 5.91 Å². The monoisotopic (exact) mass is 326 g/mol. The van der Waals surface area contributed by atoms with Gasteiger partial charge in [-0.15, -0.1) is 0 Å². The molecule has 0 radical (unpaired) electrons. The predicted molar refractivity (Wildman–Crippen MR) is 90.4 cm³/mol. The number of anilines is 1. The summed E-state index contributed by atoms with van der Waals surface area (Å²) in [6, 6.07) is 12.6. The van der Waals surface area contributed by atoms with E-state index in [4.69, 9.17) is 0 Å². The molecule has 1 atom stereocenters. The van der Waals surface area contributed by atoms with Gasteiger partial charge in [0, 0.05) is 24.3 Å². The second-order valence-electron chi connectivity index (χ2n) is 6.01. The number of halogens is 1. The van der Waals surface area contributed by atoms with E-state index in [2.05, 4.69) is 0 Å². The molecule has 1 saturated heterocycles. The van der Waals surface area contributed by atoms with Crippen LogP contribution >= 0.6 is 0 Å². The smallest absolute Gasteiger partial charge is 0.254 e. The third-order valence-electron chi connectivity index (χ3n) is 4.35. The van der Waals surface area contributed by atoms with Crippen molar-refractivity contribution in [3.05, 3.63) is 65.5 Å². The van der Waals surface area contributed by atoms with Gasteiger partial charge in [0.1, 0.15) is 11.9 Å².